The maximum absolute atomic E-state index is 12.1. The molecule has 0 aromatic carbocycles. The molecule has 0 aromatic heterocycles. The molecule has 1 fully saturated rings. The van der Waals surface area contributed by atoms with Gasteiger partial charge in [0.25, 0.3) is 0 Å². The molecule has 0 spiro atoms. The summed E-state index contributed by atoms with van der Waals surface area (Å²) in [5.41, 5.74) is -0.422. The van der Waals surface area contributed by atoms with Gasteiger partial charge >= 0.3 is 0 Å². The van der Waals surface area contributed by atoms with Crippen LogP contribution in [0.1, 0.15) is 19.8 Å². The zero-order chi connectivity index (χ0) is 12.0. The lowest BCUT2D eigenvalue weighted by atomic mass is 9.78. The minimum atomic E-state index is -0.509. The normalized spacial score (nSPS) is 21.4. The summed E-state index contributed by atoms with van der Waals surface area (Å²) in [4.78, 5) is 12.1. The number of methoxy groups -OCH3 is 1. The summed E-state index contributed by atoms with van der Waals surface area (Å²) >= 11 is 0. The fourth-order valence-corrected chi connectivity index (χ4v) is 2.05. The van der Waals surface area contributed by atoms with Crippen molar-refractivity contribution in [2.75, 3.05) is 33.4 Å². The molecule has 5 nitrogen and oxygen atoms in total. The highest BCUT2D eigenvalue weighted by Gasteiger charge is 2.39. The van der Waals surface area contributed by atoms with E-state index in [9.17, 15) is 4.79 Å². The van der Waals surface area contributed by atoms with E-state index in [1.807, 2.05) is 0 Å². The first kappa shape index (κ1) is 13.4. The Morgan fingerprint density at radius 3 is 2.69 bits per heavy atom. The minimum Gasteiger partial charge on any atom is -0.392 e. The van der Waals surface area contributed by atoms with Gasteiger partial charge < -0.3 is 20.5 Å². The molecule has 0 radical (unpaired) electrons. The molecule has 1 rings (SSSR count). The number of carbonyl (C=O) groups excluding carboxylic acids is 1. The van der Waals surface area contributed by atoms with Crippen LogP contribution in [0.5, 0.6) is 0 Å². The lowest BCUT2D eigenvalue weighted by Gasteiger charge is -2.35. The van der Waals surface area contributed by atoms with Crippen molar-refractivity contribution in [2.45, 2.75) is 25.9 Å². The second kappa shape index (κ2) is 6.18. The van der Waals surface area contributed by atoms with E-state index in [1.165, 1.54) is 0 Å². The number of piperidine rings is 1. The molecule has 0 aromatic rings. The zero-order valence-corrected chi connectivity index (χ0v) is 10.1. The molecule has 0 saturated carbocycles. The van der Waals surface area contributed by atoms with Crippen LogP contribution >= 0.6 is 0 Å². The number of hydrogen-bond acceptors (Lipinski definition) is 4. The third kappa shape index (κ3) is 3.43. The van der Waals surface area contributed by atoms with Crippen molar-refractivity contribution in [3.63, 3.8) is 0 Å². The first-order valence-electron chi connectivity index (χ1n) is 5.77. The van der Waals surface area contributed by atoms with E-state index >= 15 is 0 Å². The average molecular weight is 230 g/mol. The first-order chi connectivity index (χ1) is 7.60. The highest BCUT2D eigenvalue weighted by Crippen LogP contribution is 2.29. The molecule has 5 heteroatoms. The number of ether oxygens (including phenoxy) is 1. The van der Waals surface area contributed by atoms with Crippen molar-refractivity contribution in [1.82, 2.24) is 10.6 Å². The Bertz CT molecular complexity index is 220. The molecule has 94 valence electrons. The summed E-state index contributed by atoms with van der Waals surface area (Å²) in [5, 5.41) is 15.2. The Balaban J connectivity index is 2.57. The molecule has 1 heterocycles. The van der Waals surface area contributed by atoms with Gasteiger partial charge in [0.2, 0.25) is 5.91 Å². The number of hydrogen-bond donors (Lipinski definition) is 3. The van der Waals surface area contributed by atoms with E-state index in [1.54, 1.807) is 14.0 Å². The van der Waals surface area contributed by atoms with Gasteiger partial charge in [0, 0.05) is 13.7 Å². The van der Waals surface area contributed by atoms with Crippen LogP contribution in [0, 0.1) is 5.41 Å². The Morgan fingerprint density at radius 2 is 2.19 bits per heavy atom. The SMILES string of the molecule is COCC1(C(=O)NC[C@H](C)O)CCNCC1. The number of rotatable bonds is 5. The van der Waals surface area contributed by atoms with E-state index in [0.717, 1.165) is 25.9 Å². The zero-order valence-electron chi connectivity index (χ0n) is 10.1. The summed E-state index contributed by atoms with van der Waals surface area (Å²) in [7, 11) is 1.62. The van der Waals surface area contributed by atoms with Crippen LogP contribution in [0.15, 0.2) is 0 Å². The molecule has 0 unspecified atom stereocenters. The van der Waals surface area contributed by atoms with Crippen LogP contribution in [-0.4, -0.2) is 50.5 Å². The maximum atomic E-state index is 12.1. The highest BCUT2D eigenvalue weighted by atomic mass is 16.5. The van der Waals surface area contributed by atoms with Crippen molar-refractivity contribution in [1.29, 1.82) is 0 Å². The van der Waals surface area contributed by atoms with Gasteiger partial charge in [0.15, 0.2) is 0 Å². The molecular formula is C11H22N2O3. The quantitative estimate of drug-likeness (QED) is 0.595. The van der Waals surface area contributed by atoms with E-state index in [-0.39, 0.29) is 5.91 Å². The van der Waals surface area contributed by atoms with Crippen molar-refractivity contribution >= 4 is 5.91 Å². The highest BCUT2D eigenvalue weighted by molar-refractivity contribution is 5.83. The van der Waals surface area contributed by atoms with Gasteiger partial charge in [0.05, 0.1) is 18.1 Å². The number of nitrogens with one attached hydrogen (secondary N) is 2. The Morgan fingerprint density at radius 1 is 1.56 bits per heavy atom. The van der Waals surface area contributed by atoms with Crippen molar-refractivity contribution in [3.8, 4) is 0 Å². The van der Waals surface area contributed by atoms with Gasteiger partial charge in [-0.05, 0) is 32.9 Å². The first-order valence-corrected chi connectivity index (χ1v) is 5.77. The molecule has 0 aliphatic carbocycles. The van der Waals surface area contributed by atoms with E-state index < -0.39 is 11.5 Å². The Hall–Kier alpha value is -0.650. The van der Waals surface area contributed by atoms with Gasteiger partial charge in [-0.3, -0.25) is 4.79 Å². The number of aliphatic hydroxyl groups excluding tert-OH is 1. The Labute approximate surface area is 96.6 Å². The topological polar surface area (TPSA) is 70.6 Å². The summed E-state index contributed by atoms with van der Waals surface area (Å²) in [6.45, 7) is 4.08. The largest absolute Gasteiger partial charge is 0.392 e. The molecule has 1 atom stereocenters. The molecule has 1 aliphatic heterocycles. The summed E-state index contributed by atoms with van der Waals surface area (Å²) in [6, 6.07) is 0. The van der Waals surface area contributed by atoms with Crippen molar-refractivity contribution < 1.29 is 14.6 Å². The number of amides is 1. The number of aliphatic hydroxyl groups is 1. The van der Waals surface area contributed by atoms with Gasteiger partial charge in [-0.2, -0.15) is 0 Å². The summed E-state index contributed by atoms with van der Waals surface area (Å²) in [5.74, 6) is -0.00301. The predicted molar refractivity (Wildman–Crippen MR) is 61.1 cm³/mol. The molecule has 16 heavy (non-hydrogen) atoms. The van der Waals surface area contributed by atoms with Crippen molar-refractivity contribution in [3.05, 3.63) is 0 Å². The Kier molecular flexibility index (Phi) is 5.18. The minimum absolute atomic E-state index is 0.00301. The lowest BCUT2D eigenvalue weighted by molar-refractivity contribution is -0.136. The smallest absolute Gasteiger partial charge is 0.228 e. The van der Waals surface area contributed by atoms with Crippen LogP contribution in [0.3, 0.4) is 0 Å². The van der Waals surface area contributed by atoms with Gasteiger partial charge in [-0.15, -0.1) is 0 Å². The molecule has 1 saturated heterocycles. The molecule has 0 bridgehead atoms. The van der Waals surface area contributed by atoms with Gasteiger partial charge in [-0.25, -0.2) is 0 Å². The summed E-state index contributed by atoms with van der Waals surface area (Å²) < 4.78 is 5.16. The molecular weight excluding hydrogens is 208 g/mol. The van der Waals surface area contributed by atoms with Crippen LogP contribution in [0.2, 0.25) is 0 Å². The number of carbonyl (C=O) groups is 1. The van der Waals surface area contributed by atoms with Crippen molar-refractivity contribution in [2.24, 2.45) is 5.41 Å². The summed E-state index contributed by atoms with van der Waals surface area (Å²) in [6.07, 6.45) is 1.06. The second-order valence-corrected chi connectivity index (χ2v) is 4.52. The van der Waals surface area contributed by atoms with Crippen LogP contribution in [0.25, 0.3) is 0 Å². The maximum Gasteiger partial charge on any atom is 0.228 e. The van der Waals surface area contributed by atoms with E-state index in [0.29, 0.717) is 13.2 Å². The van der Waals surface area contributed by atoms with Crippen LogP contribution < -0.4 is 10.6 Å². The standard InChI is InChI=1S/C11H22N2O3/c1-9(14)7-13-10(15)11(8-16-2)3-5-12-6-4-11/h9,12,14H,3-8H2,1-2H3,(H,13,15)/t9-/m0/s1. The van der Waals surface area contributed by atoms with Crippen LogP contribution in [0.4, 0.5) is 0 Å². The molecule has 3 N–H and O–H groups in total. The predicted octanol–water partition coefficient (Wildman–Crippen LogP) is -0.500. The fraction of sp³-hybridized carbons (Fsp3) is 0.909. The van der Waals surface area contributed by atoms with Gasteiger partial charge in [0.1, 0.15) is 0 Å². The third-order valence-electron chi connectivity index (χ3n) is 3.02. The fourth-order valence-electron chi connectivity index (χ4n) is 2.05. The third-order valence-corrected chi connectivity index (χ3v) is 3.02. The molecule has 1 aliphatic rings. The van der Waals surface area contributed by atoms with Gasteiger partial charge in [-0.1, -0.05) is 0 Å². The second-order valence-electron chi connectivity index (χ2n) is 4.52. The van der Waals surface area contributed by atoms with E-state index in [4.69, 9.17) is 9.84 Å². The lowest BCUT2D eigenvalue weighted by Crippen LogP contribution is -2.51. The van der Waals surface area contributed by atoms with Crippen LogP contribution in [-0.2, 0) is 9.53 Å². The monoisotopic (exact) mass is 230 g/mol. The molecule has 1 amide bonds. The average Bonchev–Trinajstić information content (AvgIpc) is 2.27. The van der Waals surface area contributed by atoms with E-state index in [2.05, 4.69) is 10.6 Å².